The van der Waals surface area contributed by atoms with Crippen molar-refractivity contribution in [3.8, 4) is 23.0 Å². The molecule has 2 aromatic rings. The Morgan fingerprint density at radius 2 is 1.18 bits per heavy atom. The van der Waals surface area contributed by atoms with Crippen LogP contribution in [0.2, 0.25) is 0 Å². The van der Waals surface area contributed by atoms with Crippen LogP contribution >= 0.6 is 0 Å². The number of rotatable bonds is 10. The number of hydrazone groups is 2. The molecule has 0 unspecified atom stereocenters. The number of nitrogens with zero attached hydrogens (tertiary/aromatic N) is 2. The van der Waals surface area contributed by atoms with Gasteiger partial charge in [-0.2, -0.15) is 10.2 Å². The lowest BCUT2D eigenvalue weighted by Gasteiger charge is -2.07. The van der Waals surface area contributed by atoms with Gasteiger partial charge in [0.05, 0.1) is 25.6 Å². The molecule has 0 saturated heterocycles. The van der Waals surface area contributed by atoms with E-state index in [1.165, 1.54) is 26.4 Å². The molecule has 2 rings (SSSR count). The molecule has 2 amide bonds. The Hall–Kier alpha value is -4.08. The first-order chi connectivity index (χ1) is 15.7. The maximum Gasteiger partial charge on any atom is 0.240 e. The molecule has 0 spiro atoms. The highest BCUT2D eigenvalue weighted by Crippen LogP contribution is 2.27. The molecule has 33 heavy (non-hydrogen) atoms. The first kappa shape index (κ1) is 25.2. The van der Waals surface area contributed by atoms with Crippen molar-refractivity contribution >= 4 is 23.2 Å². The molecule has 10 nitrogen and oxygen atoms in total. The highest BCUT2D eigenvalue weighted by Gasteiger charge is 2.08. The van der Waals surface area contributed by atoms with E-state index in [1.54, 1.807) is 38.1 Å². The minimum atomic E-state index is -0.330. The van der Waals surface area contributed by atoms with Gasteiger partial charge < -0.3 is 19.7 Å². The summed E-state index contributed by atoms with van der Waals surface area (Å²) >= 11 is 0. The van der Waals surface area contributed by atoms with Crippen molar-refractivity contribution in [3.05, 3.63) is 47.5 Å². The van der Waals surface area contributed by atoms with Gasteiger partial charge in [0.25, 0.3) is 0 Å². The fourth-order valence-electron chi connectivity index (χ4n) is 2.75. The van der Waals surface area contributed by atoms with Crippen LogP contribution in [-0.4, -0.2) is 47.7 Å². The standard InChI is InChI=1S/C23H28N4O6/c1-14(16-8-10-18(28)20(12-16)32-3)24-26-22(30)6-5-7-23(31)27-25-15(2)17-9-11-19(29)21(13-17)33-4/h8-13,28-29H,5-7H2,1-4H3,(H,26,30)(H,27,31)/b24-14-,25-15-. The minimum Gasteiger partial charge on any atom is -0.504 e. The van der Waals surface area contributed by atoms with Crippen LogP contribution in [0, 0.1) is 0 Å². The molecule has 0 saturated carbocycles. The van der Waals surface area contributed by atoms with Crippen molar-refractivity contribution in [2.75, 3.05) is 14.2 Å². The van der Waals surface area contributed by atoms with Gasteiger partial charge in [-0.1, -0.05) is 0 Å². The quantitative estimate of drug-likeness (QED) is 0.320. The molecule has 0 aliphatic heterocycles. The number of phenolic OH excluding ortho intramolecular Hbond substituents is 2. The zero-order chi connectivity index (χ0) is 24.4. The Morgan fingerprint density at radius 1 is 0.788 bits per heavy atom. The molecule has 0 aliphatic rings. The second-order valence-electron chi connectivity index (χ2n) is 7.09. The van der Waals surface area contributed by atoms with E-state index in [-0.39, 0.29) is 36.2 Å². The lowest BCUT2D eigenvalue weighted by Crippen LogP contribution is -2.21. The number of phenols is 2. The van der Waals surface area contributed by atoms with Crippen molar-refractivity contribution in [2.24, 2.45) is 10.2 Å². The number of amides is 2. The van der Waals surface area contributed by atoms with Crippen LogP contribution in [-0.2, 0) is 9.59 Å². The van der Waals surface area contributed by atoms with Crippen LogP contribution in [0.3, 0.4) is 0 Å². The lowest BCUT2D eigenvalue weighted by atomic mass is 10.1. The van der Waals surface area contributed by atoms with E-state index in [1.807, 2.05) is 0 Å². The van der Waals surface area contributed by atoms with Crippen LogP contribution in [0.1, 0.15) is 44.2 Å². The number of carbonyl (C=O) groups excluding carboxylic acids is 2. The molecular weight excluding hydrogens is 428 g/mol. The number of nitrogens with one attached hydrogen (secondary N) is 2. The average molecular weight is 456 g/mol. The number of aromatic hydroxyl groups is 2. The van der Waals surface area contributed by atoms with Crippen molar-refractivity contribution in [1.82, 2.24) is 10.9 Å². The number of hydrogen-bond donors (Lipinski definition) is 4. The second-order valence-corrected chi connectivity index (χ2v) is 7.09. The van der Waals surface area contributed by atoms with Crippen LogP contribution in [0.25, 0.3) is 0 Å². The molecule has 0 atom stereocenters. The third-order valence-electron chi connectivity index (χ3n) is 4.70. The van der Waals surface area contributed by atoms with E-state index in [9.17, 15) is 19.8 Å². The summed E-state index contributed by atoms with van der Waals surface area (Å²) in [5.41, 5.74) is 7.34. The summed E-state index contributed by atoms with van der Waals surface area (Å²) in [7, 11) is 2.89. The maximum absolute atomic E-state index is 12.0. The highest BCUT2D eigenvalue weighted by molar-refractivity contribution is 6.00. The molecule has 176 valence electrons. The Bertz CT molecular complexity index is 981. The third-order valence-corrected chi connectivity index (χ3v) is 4.70. The molecule has 2 aromatic carbocycles. The van der Waals surface area contributed by atoms with Gasteiger partial charge in [-0.15, -0.1) is 0 Å². The van der Waals surface area contributed by atoms with Gasteiger partial charge in [-0.05, 0) is 56.7 Å². The number of hydrogen-bond acceptors (Lipinski definition) is 8. The van der Waals surface area contributed by atoms with Crippen LogP contribution in [0.15, 0.2) is 46.6 Å². The molecular formula is C23H28N4O6. The molecule has 0 heterocycles. The van der Waals surface area contributed by atoms with Crippen molar-refractivity contribution in [2.45, 2.75) is 33.1 Å². The van der Waals surface area contributed by atoms with Crippen molar-refractivity contribution < 1.29 is 29.3 Å². The summed E-state index contributed by atoms with van der Waals surface area (Å²) in [6, 6.07) is 9.50. The number of ether oxygens (including phenoxy) is 2. The Labute approximate surface area is 191 Å². The van der Waals surface area contributed by atoms with Gasteiger partial charge in [0.15, 0.2) is 23.0 Å². The van der Waals surface area contributed by atoms with Gasteiger partial charge in [-0.3, -0.25) is 9.59 Å². The molecule has 0 fully saturated rings. The van der Waals surface area contributed by atoms with Gasteiger partial charge in [0, 0.05) is 24.0 Å². The normalized spacial score (nSPS) is 11.6. The van der Waals surface area contributed by atoms with E-state index in [4.69, 9.17) is 9.47 Å². The first-order valence-corrected chi connectivity index (χ1v) is 10.2. The van der Waals surface area contributed by atoms with Gasteiger partial charge in [-0.25, -0.2) is 10.9 Å². The van der Waals surface area contributed by atoms with E-state index in [2.05, 4.69) is 21.1 Å². The average Bonchev–Trinajstić information content (AvgIpc) is 2.81. The Kier molecular flexibility index (Phi) is 9.22. The highest BCUT2D eigenvalue weighted by atomic mass is 16.5. The lowest BCUT2D eigenvalue weighted by molar-refractivity contribution is -0.122. The summed E-state index contributed by atoms with van der Waals surface area (Å²) in [4.78, 5) is 24.0. The molecule has 4 N–H and O–H groups in total. The topological polar surface area (TPSA) is 142 Å². The largest absolute Gasteiger partial charge is 0.504 e. The smallest absolute Gasteiger partial charge is 0.240 e. The summed E-state index contributed by atoms with van der Waals surface area (Å²) < 4.78 is 10.1. The maximum atomic E-state index is 12.0. The fourth-order valence-corrected chi connectivity index (χ4v) is 2.75. The molecule has 10 heteroatoms. The van der Waals surface area contributed by atoms with Crippen molar-refractivity contribution in [1.29, 1.82) is 0 Å². The zero-order valence-corrected chi connectivity index (χ0v) is 19.0. The number of benzene rings is 2. The summed E-state index contributed by atoms with van der Waals surface area (Å²) in [6.07, 6.45) is 0.544. The van der Waals surface area contributed by atoms with Crippen LogP contribution in [0.5, 0.6) is 23.0 Å². The van der Waals surface area contributed by atoms with E-state index < -0.39 is 0 Å². The Balaban J connectivity index is 1.79. The predicted octanol–water partition coefficient (Wildman–Crippen LogP) is 2.67. The molecule has 0 aromatic heterocycles. The molecule has 0 aliphatic carbocycles. The summed E-state index contributed by atoms with van der Waals surface area (Å²) in [5, 5.41) is 27.4. The zero-order valence-electron chi connectivity index (χ0n) is 19.0. The second kappa shape index (κ2) is 12.1. The fraction of sp³-hybridized carbons (Fsp3) is 0.304. The number of carbonyl (C=O) groups is 2. The first-order valence-electron chi connectivity index (χ1n) is 10.2. The van der Waals surface area contributed by atoms with E-state index in [0.717, 1.165) is 0 Å². The summed E-state index contributed by atoms with van der Waals surface area (Å²) in [5.74, 6) is -0.0199. The Morgan fingerprint density at radius 3 is 1.55 bits per heavy atom. The van der Waals surface area contributed by atoms with Gasteiger partial charge >= 0.3 is 0 Å². The van der Waals surface area contributed by atoms with Gasteiger partial charge in [0.2, 0.25) is 11.8 Å². The minimum absolute atomic E-state index is 0.0127. The SMILES string of the molecule is COc1cc(/C(C)=N\NC(=O)CCCC(=O)N/N=C(/C)c2ccc(O)c(OC)c2)ccc1O. The number of methoxy groups -OCH3 is 2. The van der Waals surface area contributed by atoms with Gasteiger partial charge in [0.1, 0.15) is 0 Å². The summed E-state index contributed by atoms with van der Waals surface area (Å²) in [6.45, 7) is 3.42. The van der Waals surface area contributed by atoms with Crippen molar-refractivity contribution in [3.63, 3.8) is 0 Å². The third kappa shape index (κ3) is 7.53. The monoisotopic (exact) mass is 456 g/mol. The van der Waals surface area contributed by atoms with E-state index in [0.29, 0.717) is 40.5 Å². The van der Waals surface area contributed by atoms with Crippen LogP contribution in [0.4, 0.5) is 0 Å². The van der Waals surface area contributed by atoms with E-state index >= 15 is 0 Å². The molecule has 0 bridgehead atoms. The van der Waals surface area contributed by atoms with Crippen LogP contribution < -0.4 is 20.3 Å². The predicted molar refractivity (Wildman–Crippen MR) is 124 cm³/mol. The molecule has 0 radical (unpaired) electrons.